The Morgan fingerprint density at radius 1 is 1.22 bits per heavy atom. The number of carboxylic acids is 1. The van der Waals surface area contributed by atoms with Crippen molar-refractivity contribution in [3.8, 4) is 0 Å². The van der Waals surface area contributed by atoms with Crippen molar-refractivity contribution in [2.45, 2.75) is 44.1 Å². The molecule has 2 aliphatic rings. The van der Waals surface area contributed by atoms with E-state index in [1.165, 1.54) is 12.8 Å². The third-order valence-electron chi connectivity index (χ3n) is 4.97. The van der Waals surface area contributed by atoms with Gasteiger partial charge in [0.25, 0.3) is 0 Å². The molecule has 5 nitrogen and oxygen atoms in total. The Morgan fingerprint density at radius 2 is 1.96 bits per heavy atom. The summed E-state index contributed by atoms with van der Waals surface area (Å²) in [5, 5.41) is 9.21. The molecular weight excluding hydrogens is 294 g/mol. The summed E-state index contributed by atoms with van der Waals surface area (Å²) < 4.78 is 5.95. The first-order valence-electron chi connectivity index (χ1n) is 8.33. The van der Waals surface area contributed by atoms with Crippen LogP contribution in [-0.4, -0.2) is 47.2 Å². The molecule has 1 aliphatic carbocycles. The van der Waals surface area contributed by atoms with Crippen molar-refractivity contribution in [1.82, 2.24) is 4.90 Å². The molecule has 1 heterocycles. The Labute approximate surface area is 136 Å². The molecule has 1 aromatic carbocycles. The van der Waals surface area contributed by atoms with E-state index < -0.39 is 5.97 Å². The highest BCUT2D eigenvalue weighted by Gasteiger charge is 2.40. The highest BCUT2D eigenvalue weighted by atomic mass is 16.5. The van der Waals surface area contributed by atoms with Gasteiger partial charge in [0.1, 0.15) is 0 Å². The van der Waals surface area contributed by atoms with Crippen LogP contribution in [0.2, 0.25) is 0 Å². The number of morpholine rings is 1. The first-order chi connectivity index (χ1) is 11.1. The summed E-state index contributed by atoms with van der Waals surface area (Å²) in [6.07, 6.45) is 5.24. The Kier molecular flexibility index (Phi) is 4.66. The van der Waals surface area contributed by atoms with Gasteiger partial charge >= 0.3 is 5.97 Å². The molecule has 1 saturated heterocycles. The van der Waals surface area contributed by atoms with E-state index in [9.17, 15) is 14.7 Å². The molecule has 23 heavy (non-hydrogen) atoms. The molecule has 0 atom stereocenters. The zero-order chi connectivity index (χ0) is 16.3. The number of ether oxygens (including phenoxy) is 1. The van der Waals surface area contributed by atoms with Crippen molar-refractivity contribution >= 4 is 11.9 Å². The topological polar surface area (TPSA) is 66.8 Å². The van der Waals surface area contributed by atoms with E-state index in [4.69, 9.17) is 4.74 Å². The quantitative estimate of drug-likeness (QED) is 0.926. The van der Waals surface area contributed by atoms with Crippen LogP contribution in [0, 0.1) is 0 Å². The first kappa shape index (κ1) is 16.0. The number of carbonyl (C=O) groups excluding carboxylic acids is 1. The summed E-state index contributed by atoms with van der Waals surface area (Å²) >= 11 is 0. The number of benzene rings is 1. The van der Waals surface area contributed by atoms with Gasteiger partial charge < -0.3 is 14.7 Å². The van der Waals surface area contributed by atoms with Gasteiger partial charge in [-0.25, -0.2) is 4.79 Å². The maximum Gasteiger partial charge on any atom is 0.335 e. The van der Waals surface area contributed by atoms with E-state index in [1.807, 2.05) is 11.0 Å². The van der Waals surface area contributed by atoms with E-state index in [0.717, 1.165) is 18.4 Å². The van der Waals surface area contributed by atoms with Crippen molar-refractivity contribution in [2.24, 2.45) is 0 Å². The van der Waals surface area contributed by atoms with Crippen LogP contribution in [0.1, 0.15) is 48.0 Å². The van der Waals surface area contributed by atoms with Crippen LogP contribution in [0.15, 0.2) is 24.3 Å². The monoisotopic (exact) mass is 317 g/mol. The highest BCUT2D eigenvalue weighted by Crippen LogP contribution is 2.36. The average Bonchev–Trinajstić information content (AvgIpc) is 3.00. The molecule has 124 valence electrons. The second kappa shape index (κ2) is 6.71. The fourth-order valence-corrected chi connectivity index (χ4v) is 3.73. The molecule has 1 amide bonds. The third kappa shape index (κ3) is 3.55. The minimum Gasteiger partial charge on any atom is -0.478 e. The predicted molar refractivity (Wildman–Crippen MR) is 85.5 cm³/mol. The summed E-state index contributed by atoms with van der Waals surface area (Å²) in [5.74, 6) is -0.843. The van der Waals surface area contributed by atoms with Crippen molar-refractivity contribution in [1.29, 1.82) is 0 Å². The molecule has 0 bridgehead atoms. The molecule has 1 spiro atoms. The van der Waals surface area contributed by atoms with Gasteiger partial charge in [0.05, 0.1) is 17.8 Å². The first-order valence-corrected chi connectivity index (χ1v) is 8.33. The number of nitrogens with zero attached hydrogens (tertiary/aromatic N) is 1. The van der Waals surface area contributed by atoms with Gasteiger partial charge in [0, 0.05) is 19.5 Å². The fraction of sp³-hybridized carbons (Fsp3) is 0.556. The van der Waals surface area contributed by atoms with Crippen LogP contribution in [-0.2, 0) is 16.0 Å². The average molecular weight is 317 g/mol. The summed E-state index contributed by atoms with van der Waals surface area (Å²) in [6, 6.07) is 6.90. The van der Waals surface area contributed by atoms with E-state index >= 15 is 0 Å². The molecule has 1 N–H and O–H groups in total. The number of rotatable bonds is 4. The molecule has 2 fully saturated rings. The predicted octanol–water partition coefficient (Wildman–Crippen LogP) is 2.49. The van der Waals surface area contributed by atoms with Crippen molar-refractivity contribution < 1.29 is 19.4 Å². The Bertz CT molecular complexity index is 592. The highest BCUT2D eigenvalue weighted by molar-refractivity contribution is 5.89. The Morgan fingerprint density at radius 3 is 2.70 bits per heavy atom. The molecule has 0 unspecified atom stereocenters. The van der Waals surface area contributed by atoms with E-state index in [1.54, 1.807) is 18.2 Å². The second-order valence-electron chi connectivity index (χ2n) is 6.52. The van der Waals surface area contributed by atoms with Crippen LogP contribution in [0.4, 0.5) is 0 Å². The molecular formula is C18H23NO4. The standard InChI is InChI=1S/C18H23NO4/c20-16(8-7-14-5-1-2-6-15(14)17(21)22)19-11-12-23-18(13-19)9-3-4-10-18/h1-2,5-6H,3-4,7-13H2,(H,21,22). The number of carboxylic acid groups (broad SMARTS) is 1. The lowest BCUT2D eigenvalue weighted by Crippen LogP contribution is -2.52. The zero-order valence-corrected chi connectivity index (χ0v) is 13.3. The smallest absolute Gasteiger partial charge is 0.335 e. The Hall–Kier alpha value is -1.88. The molecule has 5 heteroatoms. The van der Waals surface area contributed by atoms with Crippen LogP contribution in [0.25, 0.3) is 0 Å². The lowest BCUT2D eigenvalue weighted by Gasteiger charge is -2.40. The van der Waals surface area contributed by atoms with Gasteiger partial charge in [0.2, 0.25) is 5.91 Å². The van der Waals surface area contributed by atoms with Gasteiger partial charge in [-0.1, -0.05) is 31.0 Å². The van der Waals surface area contributed by atoms with E-state index in [-0.39, 0.29) is 17.1 Å². The van der Waals surface area contributed by atoms with Crippen molar-refractivity contribution in [3.05, 3.63) is 35.4 Å². The summed E-state index contributed by atoms with van der Waals surface area (Å²) in [6.45, 7) is 1.94. The van der Waals surface area contributed by atoms with Crippen molar-refractivity contribution in [2.75, 3.05) is 19.7 Å². The number of amides is 1. The normalized spacial score (nSPS) is 19.9. The molecule has 1 aromatic rings. The maximum absolute atomic E-state index is 12.5. The molecule has 1 saturated carbocycles. The number of hydrogen-bond acceptors (Lipinski definition) is 3. The summed E-state index contributed by atoms with van der Waals surface area (Å²) in [5.41, 5.74) is 0.888. The number of hydrogen-bond donors (Lipinski definition) is 1. The van der Waals surface area contributed by atoms with E-state index in [0.29, 0.717) is 32.5 Å². The largest absolute Gasteiger partial charge is 0.478 e. The van der Waals surface area contributed by atoms with Crippen LogP contribution in [0.5, 0.6) is 0 Å². The SMILES string of the molecule is O=C(O)c1ccccc1CCC(=O)N1CCOC2(CCCC2)C1. The van der Waals surface area contributed by atoms with Crippen LogP contribution >= 0.6 is 0 Å². The van der Waals surface area contributed by atoms with Gasteiger partial charge in [-0.05, 0) is 30.9 Å². The third-order valence-corrected chi connectivity index (χ3v) is 4.97. The van der Waals surface area contributed by atoms with E-state index in [2.05, 4.69) is 0 Å². The molecule has 0 radical (unpaired) electrons. The lowest BCUT2D eigenvalue weighted by molar-refractivity contribution is -0.149. The number of aromatic carboxylic acids is 1. The maximum atomic E-state index is 12.5. The minimum absolute atomic E-state index is 0.0970. The molecule has 0 aromatic heterocycles. The molecule has 1 aliphatic heterocycles. The van der Waals surface area contributed by atoms with Gasteiger partial charge in [-0.3, -0.25) is 4.79 Å². The fourth-order valence-electron chi connectivity index (χ4n) is 3.73. The number of aryl methyl sites for hydroxylation is 1. The van der Waals surface area contributed by atoms with Crippen molar-refractivity contribution in [3.63, 3.8) is 0 Å². The second-order valence-corrected chi connectivity index (χ2v) is 6.52. The summed E-state index contributed by atoms with van der Waals surface area (Å²) in [7, 11) is 0. The minimum atomic E-state index is -0.940. The Balaban J connectivity index is 1.60. The molecule has 3 rings (SSSR count). The van der Waals surface area contributed by atoms with Gasteiger partial charge in [-0.2, -0.15) is 0 Å². The van der Waals surface area contributed by atoms with Crippen LogP contribution < -0.4 is 0 Å². The number of carbonyl (C=O) groups is 2. The van der Waals surface area contributed by atoms with Crippen LogP contribution in [0.3, 0.4) is 0 Å². The van der Waals surface area contributed by atoms with Gasteiger partial charge in [-0.15, -0.1) is 0 Å². The summed E-state index contributed by atoms with van der Waals surface area (Å²) in [4.78, 5) is 25.6. The zero-order valence-electron chi connectivity index (χ0n) is 13.3. The van der Waals surface area contributed by atoms with Gasteiger partial charge in [0.15, 0.2) is 0 Å². The lowest BCUT2D eigenvalue weighted by atomic mass is 9.98.